The maximum absolute atomic E-state index is 12.3. The summed E-state index contributed by atoms with van der Waals surface area (Å²) < 4.78 is 0. The van der Waals surface area contributed by atoms with Crippen molar-refractivity contribution < 1.29 is 19.4 Å². The minimum absolute atomic E-state index is 0.0265. The molecule has 2 amide bonds. The molecule has 0 fully saturated rings. The number of amides is 2. The van der Waals surface area contributed by atoms with Crippen molar-refractivity contribution in [1.82, 2.24) is 0 Å². The molecule has 2 aromatic carbocycles. The van der Waals surface area contributed by atoms with Gasteiger partial charge in [0.05, 0.1) is 12.0 Å². The molecular formula is C20H25N4O4+. The fraction of sp³-hybridized carbons (Fsp3) is 0.300. The van der Waals surface area contributed by atoms with E-state index in [1.807, 2.05) is 32.0 Å². The van der Waals surface area contributed by atoms with Crippen molar-refractivity contribution in [3.63, 3.8) is 0 Å². The number of hydrogen-bond donors (Lipinski definition) is 3. The van der Waals surface area contributed by atoms with Gasteiger partial charge in [-0.2, -0.15) is 0 Å². The number of aryl methyl sites for hydroxylation is 2. The van der Waals surface area contributed by atoms with Gasteiger partial charge in [0, 0.05) is 23.5 Å². The molecule has 0 radical (unpaired) electrons. The van der Waals surface area contributed by atoms with Crippen LogP contribution in [0, 0.1) is 30.9 Å². The Bertz CT molecular complexity index is 911. The predicted molar refractivity (Wildman–Crippen MR) is 108 cm³/mol. The second kappa shape index (κ2) is 9.09. The van der Waals surface area contributed by atoms with Crippen molar-refractivity contribution >= 4 is 28.9 Å². The number of nitrogens with one attached hydrogen (secondary N) is 3. The zero-order valence-corrected chi connectivity index (χ0v) is 16.5. The first-order chi connectivity index (χ1) is 13.2. The molecule has 0 aliphatic rings. The number of carbonyl (C=O) groups is 2. The van der Waals surface area contributed by atoms with Gasteiger partial charge in [-0.25, -0.2) is 0 Å². The Labute approximate surface area is 163 Å². The lowest BCUT2D eigenvalue weighted by Gasteiger charge is -2.15. The lowest BCUT2D eigenvalue weighted by atomic mass is 10.1. The zero-order chi connectivity index (χ0) is 20.8. The van der Waals surface area contributed by atoms with E-state index in [9.17, 15) is 19.7 Å². The van der Waals surface area contributed by atoms with Crippen molar-refractivity contribution in [3.05, 3.63) is 63.2 Å². The van der Waals surface area contributed by atoms with Crippen LogP contribution in [-0.4, -0.2) is 36.9 Å². The quantitative estimate of drug-likeness (QED) is 0.497. The Morgan fingerprint density at radius 1 is 0.964 bits per heavy atom. The Morgan fingerprint density at radius 3 is 2.14 bits per heavy atom. The fourth-order valence-corrected chi connectivity index (χ4v) is 2.79. The number of nitrogens with zero attached hydrogens (tertiary/aromatic N) is 1. The number of anilines is 2. The number of likely N-dealkylation sites (N-methyl/N-ethyl adjacent to an activating group) is 1. The first-order valence-corrected chi connectivity index (χ1v) is 8.89. The van der Waals surface area contributed by atoms with Gasteiger partial charge in [0.1, 0.15) is 0 Å². The fourth-order valence-electron chi connectivity index (χ4n) is 2.79. The van der Waals surface area contributed by atoms with Crippen LogP contribution in [0.25, 0.3) is 0 Å². The molecule has 0 aliphatic heterocycles. The molecule has 0 bridgehead atoms. The average Bonchev–Trinajstić information content (AvgIpc) is 2.60. The maximum Gasteiger partial charge on any atom is 0.279 e. The third-order valence-corrected chi connectivity index (χ3v) is 4.50. The normalized spacial score (nSPS) is 11.6. The Morgan fingerprint density at radius 2 is 1.57 bits per heavy atom. The average molecular weight is 385 g/mol. The van der Waals surface area contributed by atoms with Crippen LogP contribution in [0.1, 0.15) is 16.7 Å². The molecule has 0 saturated carbocycles. The molecule has 148 valence electrons. The van der Waals surface area contributed by atoms with Gasteiger partial charge < -0.3 is 15.5 Å². The highest BCUT2D eigenvalue weighted by Crippen LogP contribution is 2.21. The number of nitro groups is 1. The van der Waals surface area contributed by atoms with Crippen LogP contribution in [0.5, 0.6) is 0 Å². The van der Waals surface area contributed by atoms with Gasteiger partial charge in [0.2, 0.25) is 0 Å². The van der Waals surface area contributed by atoms with Gasteiger partial charge in [0.15, 0.2) is 13.1 Å². The lowest BCUT2D eigenvalue weighted by molar-refractivity contribution is -0.862. The van der Waals surface area contributed by atoms with Crippen LogP contribution >= 0.6 is 0 Å². The van der Waals surface area contributed by atoms with E-state index in [0.29, 0.717) is 11.3 Å². The molecule has 0 heterocycles. The van der Waals surface area contributed by atoms with Crippen molar-refractivity contribution in [2.75, 3.05) is 30.8 Å². The summed E-state index contributed by atoms with van der Waals surface area (Å²) in [6, 6.07) is 9.97. The van der Waals surface area contributed by atoms with E-state index in [4.69, 9.17) is 0 Å². The van der Waals surface area contributed by atoms with Crippen LogP contribution in [-0.2, 0) is 9.59 Å². The smallest absolute Gasteiger partial charge is 0.279 e. The molecule has 1 unspecified atom stereocenters. The van der Waals surface area contributed by atoms with E-state index >= 15 is 0 Å². The summed E-state index contributed by atoms with van der Waals surface area (Å²) in [4.78, 5) is 35.5. The topological polar surface area (TPSA) is 106 Å². The summed E-state index contributed by atoms with van der Waals surface area (Å²) >= 11 is 0. The summed E-state index contributed by atoms with van der Waals surface area (Å²) in [6.07, 6.45) is 0. The molecule has 1 atom stereocenters. The molecule has 28 heavy (non-hydrogen) atoms. The predicted octanol–water partition coefficient (Wildman–Crippen LogP) is 1.61. The van der Waals surface area contributed by atoms with E-state index in [1.54, 1.807) is 14.0 Å². The molecule has 0 spiro atoms. The second-order valence-corrected chi connectivity index (χ2v) is 6.91. The Hall–Kier alpha value is -3.26. The van der Waals surface area contributed by atoms with Gasteiger partial charge in [-0.1, -0.05) is 12.1 Å². The first-order valence-electron chi connectivity index (χ1n) is 8.89. The Kier molecular flexibility index (Phi) is 6.84. The number of rotatable bonds is 7. The van der Waals surface area contributed by atoms with E-state index in [2.05, 4.69) is 10.6 Å². The van der Waals surface area contributed by atoms with Gasteiger partial charge >= 0.3 is 0 Å². The van der Waals surface area contributed by atoms with Crippen LogP contribution in [0.3, 0.4) is 0 Å². The lowest BCUT2D eigenvalue weighted by Crippen LogP contribution is -3.11. The molecule has 0 saturated heterocycles. The summed E-state index contributed by atoms with van der Waals surface area (Å²) in [5, 5.41) is 16.4. The molecule has 2 aromatic rings. The largest absolute Gasteiger partial charge is 0.322 e. The van der Waals surface area contributed by atoms with Crippen LogP contribution in [0.15, 0.2) is 36.4 Å². The molecule has 8 heteroatoms. The molecule has 0 aromatic heterocycles. The van der Waals surface area contributed by atoms with E-state index in [1.165, 1.54) is 18.2 Å². The SMILES string of the molecule is Cc1cc([N+](=O)[O-])ccc1NC(=O)C[NH+](C)CC(=O)Nc1cccc(C)c1C. The minimum atomic E-state index is -0.481. The molecule has 2 rings (SSSR count). The number of nitro benzene ring substituents is 1. The standard InChI is InChI=1S/C20H24N4O4/c1-13-6-5-7-18(15(13)3)22-20(26)12-23(4)11-19(25)21-17-9-8-16(24(27)28)10-14(17)2/h5-10H,11-12H2,1-4H3,(H,21,25)(H,22,26)/p+1. The van der Waals surface area contributed by atoms with Gasteiger partial charge in [-0.3, -0.25) is 19.7 Å². The third-order valence-electron chi connectivity index (χ3n) is 4.50. The molecule has 0 aliphatic carbocycles. The second-order valence-electron chi connectivity index (χ2n) is 6.91. The first kappa shape index (κ1) is 21.0. The highest BCUT2D eigenvalue weighted by Gasteiger charge is 2.16. The maximum atomic E-state index is 12.3. The van der Waals surface area contributed by atoms with Crippen molar-refractivity contribution in [1.29, 1.82) is 0 Å². The number of carbonyl (C=O) groups excluding carboxylic acids is 2. The molecular weight excluding hydrogens is 360 g/mol. The van der Waals surface area contributed by atoms with Crippen LogP contribution in [0.4, 0.5) is 17.1 Å². The number of hydrogen-bond acceptors (Lipinski definition) is 4. The van der Waals surface area contributed by atoms with Gasteiger partial charge in [-0.15, -0.1) is 0 Å². The Balaban J connectivity index is 1.89. The number of benzene rings is 2. The highest BCUT2D eigenvalue weighted by atomic mass is 16.6. The van der Waals surface area contributed by atoms with Crippen molar-refractivity contribution in [2.24, 2.45) is 0 Å². The summed E-state index contributed by atoms with van der Waals surface area (Å²) in [6.45, 7) is 5.85. The summed E-state index contributed by atoms with van der Waals surface area (Å²) in [7, 11) is 1.75. The zero-order valence-electron chi connectivity index (χ0n) is 16.5. The van der Waals surface area contributed by atoms with Crippen LogP contribution in [0.2, 0.25) is 0 Å². The van der Waals surface area contributed by atoms with Gasteiger partial charge in [-0.05, 0) is 49.6 Å². The molecule has 8 nitrogen and oxygen atoms in total. The number of non-ortho nitro benzene ring substituents is 1. The third kappa shape index (κ3) is 5.62. The van der Waals surface area contributed by atoms with E-state index < -0.39 is 4.92 Å². The van der Waals surface area contributed by atoms with Crippen molar-refractivity contribution in [2.45, 2.75) is 20.8 Å². The van der Waals surface area contributed by atoms with Gasteiger partial charge in [0.25, 0.3) is 17.5 Å². The monoisotopic (exact) mass is 385 g/mol. The summed E-state index contributed by atoms with van der Waals surface area (Å²) in [5.41, 5.74) is 3.97. The number of quaternary nitrogens is 1. The minimum Gasteiger partial charge on any atom is -0.322 e. The van der Waals surface area contributed by atoms with E-state index in [0.717, 1.165) is 21.7 Å². The van der Waals surface area contributed by atoms with Crippen LogP contribution < -0.4 is 15.5 Å². The van der Waals surface area contributed by atoms with Crippen molar-refractivity contribution in [3.8, 4) is 0 Å². The summed E-state index contributed by atoms with van der Waals surface area (Å²) in [5.74, 6) is -0.445. The highest BCUT2D eigenvalue weighted by molar-refractivity contribution is 5.94. The van der Waals surface area contributed by atoms with E-state index in [-0.39, 0.29) is 30.6 Å². The molecule has 3 N–H and O–H groups in total.